The van der Waals surface area contributed by atoms with Crippen LogP contribution in [0.2, 0.25) is 5.15 Å². The summed E-state index contributed by atoms with van der Waals surface area (Å²) in [6, 6.07) is 11.9. The largest absolute Gasteiger partial charge is 0.346 e. The number of nitrogens with one attached hydrogen (secondary N) is 1. The van der Waals surface area contributed by atoms with Crippen molar-refractivity contribution in [2.45, 2.75) is 33.4 Å². The van der Waals surface area contributed by atoms with Gasteiger partial charge in [0.15, 0.2) is 0 Å². The average molecular weight is 395 g/mol. The highest BCUT2D eigenvalue weighted by Gasteiger charge is 2.12. The molecule has 2 heterocycles. The number of carbonyl (C=O) groups is 1. The number of hydrogen-bond acceptors (Lipinski definition) is 3. The van der Waals surface area contributed by atoms with Gasteiger partial charge in [0.2, 0.25) is 5.91 Å². The number of pyridine rings is 1. The monoisotopic (exact) mass is 394 g/mol. The molecule has 1 aromatic carbocycles. The summed E-state index contributed by atoms with van der Waals surface area (Å²) in [6.45, 7) is 6.45. The van der Waals surface area contributed by atoms with Crippen LogP contribution in [0.15, 0.2) is 54.9 Å². The lowest BCUT2D eigenvalue weighted by Gasteiger charge is -2.12. The quantitative estimate of drug-likeness (QED) is 0.627. The summed E-state index contributed by atoms with van der Waals surface area (Å²) in [6.07, 6.45) is 6.62. The van der Waals surface area contributed by atoms with Gasteiger partial charge in [-0.2, -0.15) is 5.10 Å². The van der Waals surface area contributed by atoms with Gasteiger partial charge in [0.1, 0.15) is 5.15 Å². The van der Waals surface area contributed by atoms with E-state index >= 15 is 0 Å². The van der Waals surface area contributed by atoms with E-state index < -0.39 is 0 Å². The van der Waals surface area contributed by atoms with Crippen LogP contribution in [0.25, 0.3) is 6.08 Å². The predicted molar refractivity (Wildman–Crippen MR) is 112 cm³/mol. The van der Waals surface area contributed by atoms with Gasteiger partial charge < -0.3 is 5.32 Å². The van der Waals surface area contributed by atoms with Gasteiger partial charge >= 0.3 is 0 Å². The SMILES string of the molecule is Cc1ccc(Cn2nc(C)c(/C=C/C(=O)NC(C)c3ccncc3)c2Cl)cc1. The fourth-order valence-corrected chi connectivity index (χ4v) is 3.18. The van der Waals surface area contributed by atoms with Crippen LogP contribution in [-0.2, 0) is 11.3 Å². The minimum atomic E-state index is -0.189. The van der Waals surface area contributed by atoms with Crippen LogP contribution in [0, 0.1) is 13.8 Å². The normalized spacial score (nSPS) is 12.3. The van der Waals surface area contributed by atoms with Gasteiger partial charge in [-0.1, -0.05) is 41.4 Å². The van der Waals surface area contributed by atoms with Crippen molar-refractivity contribution in [3.63, 3.8) is 0 Å². The molecule has 0 saturated carbocycles. The highest BCUT2D eigenvalue weighted by molar-refractivity contribution is 6.31. The van der Waals surface area contributed by atoms with E-state index in [9.17, 15) is 4.79 Å². The third kappa shape index (κ3) is 4.87. The van der Waals surface area contributed by atoms with Gasteiger partial charge in [0, 0.05) is 24.0 Å². The molecule has 0 bridgehead atoms. The molecule has 28 heavy (non-hydrogen) atoms. The minimum Gasteiger partial charge on any atom is -0.346 e. The molecule has 0 radical (unpaired) electrons. The average Bonchev–Trinajstić information content (AvgIpc) is 2.95. The number of benzene rings is 1. The maximum Gasteiger partial charge on any atom is 0.244 e. The molecule has 5 nitrogen and oxygen atoms in total. The molecule has 0 saturated heterocycles. The van der Waals surface area contributed by atoms with Gasteiger partial charge in [-0.05, 0) is 50.1 Å². The summed E-state index contributed by atoms with van der Waals surface area (Å²) in [7, 11) is 0. The lowest BCUT2D eigenvalue weighted by Crippen LogP contribution is -2.24. The van der Waals surface area contributed by atoms with E-state index in [0.717, 1.165) is 22.4 Å². The number of nitrogens with zero attached hydrogens (tertiary/aromatic N) is 3. The van der Waals surface area contributed by atoms with Crippen LogP contribution in [-0.4, -0.2) is 20.7 Å². The number of aryl methyl sites for hydroxylation is 2. The van der Waals surface area contributed by atoms with E-state index in [1.54, 1.807) is 23.2 Å². The number of amides is 1. The van der Waals surface area contributed by atoms with Crippen molar-refractivity contribution in [3.05, 3.63) is 88.0 Å². The van der Waals surface area contributed by atoms with E-state index in [2.05, 4.69) is 46.6 Å². The van der Waals surface area contributed by atoms with Crippen LogP contribution >= 0.6 is 11.6 Å². The van der Waals surface area contributed by atoms with Crippen molar-refractivity contribution >= 4 is 23.6 Å². The third-order valence-electron chi connectivity index (χ3n) is 4.53. The van der Waals surface area contributed by atoms with Crippen LogP contribution in [0.4, 0.5) is 0 Å². The van der Waals surface area contributed by atoms with Crippen LogP contribution in [0.3, 0.4) is 0 Å². The highest BCUT2D eigenvalue weighted by Crippen LogP contribution is 2.22. The van der Waals surface area contributed by atoms with E-state index in [0.29, 0.717) is 11.7 Å². The number of halogens is 1. The van der Waals surface area contributed by atoms with E-state index in [1.807, 2.05) is 26.0 Å². The summed E-state index contributed by atoms with van der Waals surface area (Å²) in [5.41, 5.74) is 4.86. The lowest BCUT2D eigenvalue weighted by atomic mass is 10.1. The summed E-state index contributed by atoms with van der Waals surface area (Å²) < 4.78 is 1.75. The zero-order chi connectivity index (χ0) is 20.1. The Bertz CT molecular complexity index is 978. The van der Waals surface area contributed by atoms with Gasteiger partial charge in [-0.25, -0.2) is 4.68 Å². The molecular formula is C22H23ClN4O. The summed E-state index contributed by atoms with van der Waals surface area (Å²) >= 11 is 6.51. The Morgan fingerprint density at radius 3 is 2.54 bits per heavy atom. The van der Waals surface area contributed by atoms with Gasteiger partial charge in [0.25, 0.3) is 0 Å². The number of aromatic nitrogens is 3. The first kappa shape index (κ1) is 19.8. The zero-order valence-electron chi connectivity index (χ0n) is 16.2. The molecule has 0 aliphatic rings. The number of rotatable bonds is 6. The van der Waals surface area contributed by atoms with Gasteiger partial charge in [-0.3, -0.25) is 9.78 Å². The smallest absolute Gasteiger partial charge is 0.244 e. The van der Waals surface area contributed by atoms with Crippen molar-refractivity contribution in [1.82, 2.24) is 20.1 Å². The maximum atomic E-state index is 12.3. The van der Waals surface area contributed by atoms with E-state index in [4.69, 9.17) is 11.6 Å². The molecule has 144 valence electrons. The molecule has 1 atom stereocenters. The predicted octanol–water partition coefficient (Wildman–Crippen LogP) is 4.49. The Kier molecular flexibility index (Phi) is 6.26. The van der Waals surface area contributed by atoms with Crippen LogP contribution < -0.4 is 5.32 Å². The van der Waals surface area contributed by atoms with Crippen molar-refractivity contribution in [3.8, 4) is 0 Å². The zero-order valence-corrected chi connectivity index (χ0v) is 16.9. The molecular weight excluding hydrogens is 372 g/mol. The van der Waals surface area contributed by atoms with Gasteiger partial charge in [-0.15, -0.1) is 0 Å². The second-order valence-electron chi connectivity index (χ2n) is 6.78. The molecule has 6 heteroatoms. The standard InChI is InChI=1S/C22H23ClN4O/c1-15-4-6-18(7-5-15)14-27-22(23)20(17(3)26-27)8-9-21(28)25-16(2)19-10-12-24-13-11-19/h4-13,16H,14H2,1-3H3,(H,25,28)/b9-8+. The number of carbonyl (C=O) groups excluding carboxylic acids is 1. The van der Waals surface area contributed by atoms with Crippen molar-refractivity contribution in [1.29, 1.82) is 0 Å². The molecule has 2 aromatic heterocycles. The molecule has 1 N–H and O–H groups in total. The van der Waals surface area contributed by atoms with Crippen molar-refractivity contribution in [2.24, 2.45) is 0 Å². The fourth-order valence-electron chi connectivity index (χ4n) is 2.88. The third-order valence-corrected chi connectivity index (χ3v) is 4.93. The fraction of sp³-hybridized carbons (Fsp3) is 0.227. The number of hydrogen-bond donors (Lipinski definition) is 1. The van der Waals surface area contributed by atoms with Crippen molar-refractivity contribution in [2.75, 3.05) is 0 Å². The second-order valence-corrected chi connectivity index (χ2v) is 7.14. The van der Waals surface area contributed by atoms with E-state index in [-0.39, 0.29) is 11.9 Å². The molecule has 0 aliphatic heterocycles. The minimum absolute atomic E-state index is 0.110. The summed E-state index contributed by atoms with van der Waals surface area (Å²) in [5, 5.41) is 7.96. The Morgan fingerprint density at radius 1 is 1.18 bits per heavy atom. The second kappa shape index (κ2) is 8.85. The molecule has 0 aliphatic carbocycles. The Morgan fingerprint density at radius 2 is 1.86 bits per heavy atom. The summed E-state index contributed by atoms with van der Waals surface area (Å²) in [5.74, 6) is -0.189. The van der Waals surface area contributed by atoms with Gasteiger partial charge in [0.05, 0.1) is 18.3 Å². The van der Waals surface area contributed by atoms with Crippen LogP contribution in [0.1, 0.15) is 40.9 Å². The Hall–Kier alpha value is -2.92. The summed E-state index contributed by atoms with van der Waals surface area (Å²) in [4.78, 5) is 16.3. The van der Waals surface area contributed by atoms with Crippen molar-refractivity contribution < 1.29 is 4.79 Å². The van der Waals surface area contributed by atoms with Crippen LogP contribution in [0.5, 0.6) is 0 Å². The molecule has 1 amide bonds. The Balaban J connectivity index is 1.69. The topological polar surface area (TPSA) is 59.8 Å². The Labute approximate surface area is 170 Å². The first-order valence-electron chi connectivity index (χ1n) is 9.11. The highest BCUT2D eigenvalue weighted by atomic mass is 35.5. The molecule has 1 unspecified atom stereocenters. The first-order chi connectivity index (χ1) is 13.4. The molecule has 3 rings (SSSR count). The molecule has 3 aromatic rings. The maximum absolute atomic E-state index is 12.3. The molecule has 0 fully saturated rings. The lowest BCUT2D eigenvalue weighted by molar-refractivity contribution is -0.117. The first-order valence-corrected chi connectivity index (χ1v) is 9.49. The molecule has 0 spiro atoms. The van der Waals surface area contributed by atoms with E-state index in [1.165, 1.54) is 11.6 Å².